The Morgan fingerprint density at radius 3 is 2.00 bits per heavy atom. The first-order valence-electron chi connectivity index (χ1n) is 8.94. The number of anilines is 1. The van der Waals surface area contributed by atoms with Crippen LogP contribution in [-0.4, -0.2) is 25.0 Å². The lowest BCUT2D eigenvalue weighted by molar-refractivity contribution is -0.127. The maximum absolute atomic E-state index is 13.5. The molecule has 2 fully saturated rings. The van der Waals surface area contributed by atoms with E-state index in [1.165, 1.54) is 4.90 Å². The Morgan fingerprint density at radius 1 is 0.923 bits per heavy atom. The van der Waals surface area contributed by atoms with E-state index in [1.54, 1.807) is 12.1 Å². The Bertz CT molecular complexity index is 877. The van der Waals surface area contributed by atoms with Gasteiger partial charge in [-0.15, -0.1) is 0 Å². The predicted molar refractivity (Wildman–Crippen MR) is 103 cm³/mol. The summed E-state index contributed by atoms with van der Waals surface area (Å²) in [6.45, 7) is 6.35. The van der Waals surface area contributed by atoms with Crippen molar-refractivity contribution in [2.45, 2.75) is 37.2 Å². The van der Waals surface area contributed by atoms with Crippen molar-refractivity contribution in [1.82, 2.24) is 0 Å². The van der Waals surface area contributed by atoms with Crippen LogP contribution in [0, 0.1) is 5.41 Å². The number of carbonyl (C=O) groups is 2. The van der Waals surface area contributed by atoms with Crippen molar-refractivity contribution in [3.8, 4) is 0 Å². The molecule has 3 atom stereocenters. The number of carbonyl (C=O) groups excluding carboxylic acids is 2. The fraction of sp³-hybridized carbons (Fsp3) is 0.333. The van der Waals surface area contributed by atoms with Gasteiger partial charge < -0.3 is 5.11 Å². The van der Waals surface area contributed by atoms with E-state index in [9.17, 15) is 14.7 Å². The van der Waals surface area contributed by atoms with Crippen molar-refractivity contribution in [3.63, 3.8) is 0 Å². The summed E-state index contributed by atoms with van der Waals surface area (Å²) in [7, 11) is -2.09. The van der Waals surface area contributed by atoms with Crippen molar-refractivity contribution < 1.29 is 14.7 Å². The smallest absolute Gasteiger partial charge is 0.243 e. The fourth-order valence-electron chi connectivity index (χ4n) is 4.81. The number of hydrogen-bond donors (Lipinski definition) is 1. The van der Waals surface area contributed by atoms with Gasteiger partial charge in [-0.3, -0.25) is 9.59 Å². The number of benzene rings is 2. The van der Waals surface area contributed by atoms with E-state index in [1.807, 2.05) is 48.5 Å². The zero-order valence-electron chi connectivity index (χ0n) is 15.3. The summed E-state index contributed by atoms with van der Waals surface area (Å²) in [5.41, 5.74) is 0.252. The van der Waals surface area contributed by atoms with Gasteiger partial charge in [0.05, 0.1) is 30.3 Å². The van der Waals surface area contributed by atoms with Gasteiger partial charge in [0.25, 0.3) is 0 Å². The molecule has 4 nitrogen and oxygen atoms in total. The van der Waals surface area contributed by atoms with Crippen LogP contribution in [0.15, 0.2) is 60.7 Å². The Morgan fingerprint density at radius 2 is 1.46 bits per heavy atom. The molecule has 2 amide bonds. The van der Waals surface area contributed by atoms with Crippen LogP contribution in [0.3, 0.4) is 0 Å². The summed E-state index contributed by atoms with van der Waals surface area (Å²) in [5, 5.41) is 10.5. The first-order valence-corrected chi connectivity index (χ1v) is 12.4. The molecule has 2 aromatic rings. The first-order chi connectivity index (χ1) is 12.3. The van der Waals surface area contributed by atoms with Gasteiger partial charge in [-0.2, -0.15) is 0 Å². The van der Waals surface area contributed by atoms with Gasteiger partial charge in [0.1, 0.15) is 0 Å². The van der Waals surface area contributed by atoms with Crippen LogP contribution in [-0.2, 0) is 9.59 Å². The van der Waals surface area contributed by atoms with E-state index in [-0.39, 0.29) is 11.8 Å². The van der Waals surface area contributed by atoms with Crippen LogP contribution >= 0.6 is 0 Å². The van der Waals surface area contributed by atoms with E-state index >= 15 is 0 Å². The fourth-order valence-corrected chi connectivity index (χ4v) is 7.96. The van der Waals surface area contributed by atoms with Gasteiger partial charge in [0.2, 0.25) is 11.8 Å². The number of nitrogens with zero attached hydrogens (tertiary/aromatic N) is 1. The van der Waals surface area contributed by atoms with E-state index in [4.69, 9.17) is 0 Å². The molecule has 2 aliphatic rings. The Hall–Kier alpha value is -2.24. The van der Waals surface area contributed by atoms with Crippen LogP contribution in [0.1, 0.15) is 18.1 Å². The average molecular weight is 366 g/mol. The predicted octanol–water partition coefficient (Wildman–Crippen LogP) is 3.76. The highest BCUT2D eigenvalue weighted by Gasteiger charge is 2.88. The van der Waals surface area contributed by atoms with Crippen molar-refractivity contribution in [2.75, 3.05) is 4.90 Å². The summed E-state index contributed by atoms with van der Waals surface area (Å²) in [4.78, 5) is 28.3. The topological polar surface area (TPSA) is 57.6 Å². The number of hydrogen-bond acceptors (Lipinski definition) is 3. The van der Waals surface area contributed by atoms with E-state index < -0.39 is 24.6 Å². The third-order valence-electron chi connectivity index (χ3n) is 6.21. The number of imide groups is 1. The molecule has 5 heteroatoms. The van der Waals surface area contributed by atoms with Gasteiger partial charge in [0.15, 0.2) is 0 Å². The summed E-state index contributed by atoms with van der Waals surface area (Å²) in [6, 6.07) is 18.3. The Labute approximate surface area is 154 Å². The second-order valence-electron chi connectivity index (χ2n) is 8.40. The number of para-hydroxylation sites is 1. The largest absolute Gasteiger partial charge is 0.387 e. The zero-order valence-corrected chi connectivity index (χ0v) is 16.3. The lowest BCUT2D eigenvalue weighted by Crippen LogP contribution is -2.41. The molecule has 134 valence electrons. The highest BCUT2D eigenvalue weighted by Crippen LogP contribution is 2.83. The number of amides is 2. The van der Waals surface area contributed by atoms with Crippen LogP contribution in [0.25, 0.3) is 0 Å². The second kappa shape index (κ2) is 5.38. The molecule has 1 heterocycles. The lowest BCUT2D eigenvalue weighted by atomic mass is 9.91. The van der Waals surface area contributed by atoms with Gasteiger partial charge in [-0.25, -0.2) is 4.90 Å². The van der Waals surface area contributed by atoms with Crippen molar-refractivity contribution in [1.29, 1.82) is 0 Å². The highest BCUT2D eigenvalue weighted by molar-refractivity contribution is 6.85. The number of aliphatic hydroxyl groups is 1. The molecule has 26 heavy (non-hydrogen) atoms. The number of aliphatic hydroxyl groups excluding tert-OH is 1. The summed E-state index contributed by atoms with van der Waals surface area (Å²) >= 11 is 0. The monoisotopic (exact) mass is 365 g/mol. The van der Waals surface area contributed by atoms with Crippen LogP contribution in [0.5, 0.6) is 0 Å². The molecule has 0 radical (unpaired) electrons. The lowest BCUT2D eigenvalue weighted by Gasteiger charge is -2.29. The molecule has 0 bridgehead atoms. The minimum absolute atomic E-state index is 0.136. The van der Waals surface area contributed by atoms with Gasteiger partial charge >= 0.3 is 0 Å². The van der Waals surface area contributed by atoms with Crippen LogP contribution in [0.4, 0.5) is 5.69 Å². The van der Waals surface area contributed by atoms with E-state index in [0.29, 0.717) is 17.7 Å². The molecular formula is C21H23NO3Si. The molecule has 1 saturated carbocycles. The van der Waals surface area contributed by atoms with E-state index in [2.05, 4.69) is 19.6 Å². The normalized spacial score (nSPS) is 28.8. The van der Waals surface area contributed by atoms with Crippen LogP contribution in [0.2, 0.25) is 24.7 Å². The van der Waals surface area contributed by atoms with Crippen molar-refractivity contribution >= 4 is 25.6 Å². The molecule has 1 N–H and O–H groups in total. The summed E-state index contributed by atoms with van der Waals surface area (Å²) in [5.74, 6) is -0.393. The third-order valence-corrected chi connectivity index (χ3v) is 9.61. The van der Waals surface area contributed by atoms with Gasteiger partial charge in [-0.1, -0.05) is 68.2 Å². The zero-order chi connectivity index (χ0) is 18.7. The molecule has 1 aliphatic heterocycles. The molecule has 0 spiro atoms. The number of rotatable bonds is 4. The Kier molecular flexibility index (Phi) is 3.55. The second-order valence-corrected chi connectivity index (χ2v) is 13.8. The third kappa shape index (κ3) is 1.93. The van der Waals surface area contributed by atoms with Crippen LogP contribution < -0.4 is 4.90 Å². The average Bonchev–Trinajstić information content (AvgIpc) is 3.31. The van der Waals surface area contributed by atoms with Gasteiger partial charge in [-0.05, 0) is 24.1 Å². The summed E-state index contributed by atoms with van der Waals surface area (Å²) in [6.07, 6.45) is -0.521. The molecule has 0 aromatic heterocycles. The number of fused-ring (bicyclic) bond motifs is 1. The van der Waals surface area contributed by atoms with Crippen molar-refractivity contribution in [2.24, 2.45) is 5.41 Å². The maximum atomic E-state index is 13.5. The Balaban J connectivity index is 1.86. The summed E-state index contributed by atoms with van der Waals surface area (Å²) < 4.78 is 0. The van der Waals surface area contributed by atoms with E-state index in [0.717, 1.165) is 0 Å². The minimum Gasteiger partial charge on any atom is -0.387 e. The minimum atomic E-state index is -2.09. The molecule has 4 rings (SSSR count). The SMILES string of the molecule is C[Si](C)(C)[C@]12C[C@@]1(C(O)c1ccccc1)C(=O)N(c1ccccc1)C2=O. The van der Waals surface area contributed by atoms with Crippen molar-refractivity contribution in [3.05, 3.63) is 66.2 Å². The molecular weight excluding hydrogens is 342 g/mol. The molecule has 1 saturated heterocycles. The number of piperidine rings is 1. The molecule has 1 unspecified atom stereocenters. The highest BCUT2D eigenvalue weighted by atomic mass is 28.3. The quantitative estimate of drug-likeness (QED) is 0.663. The first kappa shape index (κ1) is 17.2. The van der Waals surface area contributed by atoms with Gasteiger partial charge in [0, 0.05) is 0 Å². The molecule has 2 aromatic carbocycles. The molecule has 1 aliphatic carbocycles. The maximum Gasteiger partial charge on any atom is 0.243 e. The standard InChI is InChI=1S/C21H23NO3Si/c1-26(2,3)21-14-20(21,17(23)15-10-6-4-7-11-15)18(24)22(19(21)25)16-12-8-5-9-13-16/h4-13,17,23H,14H2,1-3H3/t17?,20-,21+/m1/s1.